The van der Waals surface area contributed by atoms with Crippen LogP contribution in [0.25, 0.3) is 16.6 Å². The average molecular weight is 441 g/mol. The number of fused-ring (bicyclic) bond motifs is 1. The van der Waals surface area contributed by atoms with E-state index in [9.17, 15) is 27.9 Å². The lowest BCUT2D eigenvalue weighted by atomic mass is 10.2. The van der Waals surface area contributed by atoms with Gasteiger partial charge < -0.3 is 15.7 Å². The molecule has 11 heteroatoms. The van der Waals surface area contributed by atoms with Crippen LogP contribution in [0, 0.1) is 0 Å². The quantitative estimate of drug-likeness (QED) is 0.575. The number of benzene rings is 2. The molecule has 1 unspecified atom stereocenters. The highest BCUT2D eigenvalue weighted by Gasteiger charge is 2.27. The normalized spacial score (nSPS) is 12.6. The van der Waals surface area contributed by atoms with E-state index in [0.29, 0.717) is 5.52 Å². The summed E-state index contributed by atoms with van der Waals surface area (Å²) in [4.78, 5) is 29.2. The lowest BCUT2D eigenvalue weighted by molar-refractivity contribution is -0.122. The zero-order valence-electron chi connectivity index (χ0n) is 15.5. The lowest BCUT2D eigenvalue weighted by Gasteiger charge is -2.17. The topological polar surface area (TPSA) is 96.2 Å². The average Bonchev–Trinajstić information content (AvgIpc) is 2.65. The van der Waals surface area contributed by atoms with Crippen molar-refractivity contribution in [3.05, 3.63) is 63.7 Å². The van der Waals surface area contributed by atoms with E-state index in [-0.39, 0.29) is 27.6 Å². The number of anilines is 1. The molecule has 0 saturated heterocycles. The molecule has 0 aliphatic rings. The molecule has 3 rings (SSSR count). The van der Waals surface area contributed by atoms with Gasteiger partial charge in [0.05, 0.1) is 21.6 Å². The predicted octanol–water partition coefficient (Wildman–Crippen LogP) is 3.78. The van der Waals surface area contributed by atoms with Gasteiger partial charge in [0.2, 0.25) is 0 Å². The fourth-order valence-electron chi connectivity index (χ4n) is 2.82. The summed E-state index contributed by atoms with van der Waals surface area (Å²) in [5, 5.41) is 14.4. The van der Waals surface area contributed by atoms with Crippen LogP contribution in [0.4, 0.5) is 23.7 Å². The van der Waals surface area contributed by atoms with Gasteiger partial charge in [-0.3, -0.25) is 9.36 Å². The zero-order chi connectivity index (χ0) is 22.1. The van der Waals surface area contributed by atoms with E-state index >= 15 is 0 Å². The smallest absolute Gasteiger partial charge is 0.385 e. The van der Waals surface area contributed by atoms with Crippen molar-refractivity contribution in [2.75, 3.05) is 11.9 Å². The summed E-state index contributed by atoms with van der Waals surface area (Å²) in [6.45, 7) is -0.0570. The van der Waals surface area contributed by atoms with Gasteiger partial charge in [0, 0.05) is 5.69 Å². The molecule has 3 aromatic rings. The standard InChI is InChI=1S/C19H16ClF3N4O3/c1-10(28)16-26-14-7-3-6-13(20)15(14)17(29)27(16)12-5-2-4-11(8-12)25-18(30)24-9-19(21,22)23/h2-8,10,28H,9H2,1H3,(H2,24,25,30). The first-order valence-corrected chi connectivity index (χ1v) is 9.06. The van der Waals surface area contributed by atoms with Crippen molar-refractivity contribution < 1.29 is 23.1 Å². The summed E-state index contributed by atoms with van der Waals surface area (Å²) in [6, 6.07) is 9.49. The van der Waals surface area contributed by atoms with Gasteiger partial charge in [-0.15, -0.1) is 0 Å². The number of hydrogen-bond donors (Lipinski definition) is 3. The Morgan fingerprint density at radius 3 is 2.63 bits per heavy atom. The molecule has 0 fully saturated rings. The Morgan fingerprint density at radius 2 is 1.97 bits per heavy atom. The summed E-state index contributed by atoms with van der Waals surface area (Å²) in [5.74, 6) is 0.0356. The summed E-state index contributed by atoms with van der Waals surface area (Å²) >= 11 is 6.15. The summed E-state index contributed by atoms with van der Waals surface area (Å²) in [6.07, 6.45) is -5.66. The highest BCUT2D eigenvalue weighted by atomic mass is 35.5. The SMILES string of the molecule is CC(O)c1nc2cccc(Cl)c2c(=O)n1-c1cccc(NC(=O)NCC(F)(F)F)c1. The van der Waals surface area contributed by atoms with E-state index in [2.05, 4.69) is 10.3 Å². The molecule has 30 heavy (non-hydrogen) atoms. The fourth-order valence-corrected chi connectivity index (χ4v) is 3.07. The highest BCUT2D eigenvalue weighted by Crippen LogP contribution is 2.23. The monoisotopic (exact) mass is 440 g/mol. The number of urea groups is 1. The molecule has 2 amide bonds. The van der Waals surface area contributed by atoms with Crippen LogP contribution in [0.15, 0.2) is 47.3 Å². The van der Waals surface area contributed by atoms with Gasteiger partial charge in [-0.25, -0.2) is 9.78 Å². The molecule has 0 aliphatic heterocycles. The van der Waals surface area contributed by atoms with Crippen molar-refractivity contribution in [2.45, 2.75) is 19.2 Å². The minimum atomic E-state index is -4.55. The number of amides is 2. The van der Waals surface area contributed by atoms with Crippen molar-refractivity contribution >= 4 is 34.2 Å². The van der Waals surface area contributed by atoms with Crippen LogP contribution in [-0.4, -0.2) is 33.4 Å². The molecule has 0 bridgehead atoms. The number of hydrogen-bond acceptors (Lipinski definition) is 4. The second-order valence-electron chi connectivity index (χ2n) is 6.39. The van der Waals surface area contributed by atoms with Crippen LogP contribution in [0.1, 0.15) is 18.9 Å². The number of rotatable bonds is 4. The number of carbonyl (C=O) groups excluding carboxylic acids is 1. The summed E-state index contributed by atoms with van der Waals surface area (Å²) < 4.78 is 37.9. The second-order valence-corrected chi connectivity index (χ2v) is 6.80. The third kappa shape index (κ3) is 4.71. The van der Waals surface area contributed by atoms with Crippen molar-refractivity contribution in [3.63, 3.8) is 0 Å². The number of aromatic nitrogens is 2. The van der Waals surface area contributed by atoms with Gasteiger partial charge in [-0.1, -0.05) is 23.7 Å². The molecular weight excluding hydrogens is 425 g/mol. The molecule has 1 aromatic heterocycles. The number of aliphatic hydroxyl groups excluding tert-OH is 1. The molecule has 2 aromatic carbocycles. The first-order chi connectivity index (χ1) is 14.1. The summed E-state index contributed by atoms with van der Waals surface area (Å²) in [5.41, 5.74) is 0.134. The minimum absolute atomic E-state index is 0.0356. The van der Waals surface area contributed by atoms with E-state index in [4.69, 9.17) is 11.6 Å². The predicted molar refractivity (Wildman–Crippen MR) is 106 cm³/mol. The number of nitrogens with one attached hydrogen (secondary N) is 2. The Labute approximate surface area is 173 Å². The van der Waals surface area contributed by atoms with Crippen molar-refractivity contribution in [1.29, 1.82) is 0 Å². The Morgan fingerprint density at radius 1 is 1.27 bits per heavy atom. The first-order valence-electron chi connectivity index (χ1n) is 8.68. The van der Waals surface area contributed by atoms with Crippen LogP contribution in [-0.2, 0) is 0 Å². The molecule has 1 heterocycles. The maximum Gasteiger partial charge on any atom is 0.405 e. The molecule has 7 nitrogen and oxygen atoms in total. The Kier molecular flexibility index (Phi) is 5.99. The van der Waals surface area contributed by atoms with Crippen LogP contribution in [0.2, 0.25) is 5.02 Å². The van der Waals surface area contributed by atoms with E-state index in [1.165, 1.54) is 37.3 Å². The first kappa shape index (κ1) is 21.6. The van der Waals surface area contributed by atoms with Gasteiger partial charge in [0.1, 0.15) is 18.5 Å². The molecule has 0 spiro atoms. The molecule has 158 valence electrons. The maximum absolute atomic E-state index is 13.1. The van der Waals surface area contributed by atoms with Gasteiger partial charge in [0.25, 0.3) is 5.56 Å². The maximum atomic E-state index is 13.1. The van der Waals surface area contributed by atoms with Gasteiger partial charge in [-0.05, 0) is 37.3 Å². The Hall–Kier alpha value is -3.11. The molecule has 0 saturated carbocycles. The Bertz CT molecular complexity index is 1160. The van der Waals surface area contributed by atoms with E-state index in [1.807, 2.05) is 0 Å². The molecular formula is C19H16ClF3N4O3. The van der Waals surface area contributed by atoms with Crippen LogP contribution in [0.5, 0.6) is 0 Å². The lowest BCUT2D eigenvalue weighted by Crippen LogP contribution is -2.36. The fraction of sp³-hybridized carbons (Fsp3) is 0.211. The number of aliphatic hydroxyl groups is 1. The van der Waals surface area contributed by atoms with Crippen molar-refractivity contribution in [1.82, 2.24) is 14.9 Å². The highest BCUT2D eigenvalue weighted by molar-refractivity contribution is 6.35. The third-order valence-electron chi connectivity index (χ3n) is 4.06. The molecule has 0 radical (unpaired) electrons. The van der Waals surface area contributed by atoms with E-state index in [1.54, 1.807) is 17.4 Å². The minimum Gasteiger partial charge on any atom is -0.385 e. The van der Waals surface area contributed by atoms with Crippen LogP contribution >= 0.6 is 11.6 Å². The van der Waals surface area contributed by atoms with Crippen LogP contribution < -0.4 is 16.2 Å². The number of alkyl halides is 3. The van der Waals surface area contributed by atoms with Crippen molar-refractivity contribution in [3.8, 4) is 5.69 Å². The van der Waals surface area contributed by atoms with Crippen LogP contribution in [0.3, 0.4) is 0 Å². The molecule has 1 atom stereocenters. The third-order valence-corrected chi connectivity index (χ3v) is 4.37. The zero-order valence-corrected chi connectivity index (χ0v) is 16.3. The van der Waals surface area contributed by atoms with E-state index < -0.39 is 30.4 Å². The summed E-state index contributed by atoms with van der Waals surface area (Å²) in [7, 11) is 0. The largest absolute Gasteiger partial charge is 0.405 e. The van der Waals surface area contributed by atoms with Crippen molar-refractivity contribution in [2.24, 2.45) is 0 Å². The Balaban J connectivity index is 2.04. The second kappa shape index (κ2) is 8.33. The van der Waals surface area contributed by atoms with E-state index in [0.717, 1.165) is 4.57 Å². The molecule has 0 aliphatic carbocycles. The molecule has 3 N–H and O–H groups in total. The number of halogens is 4. The van der Waals surface area contributed by atoms with Gasteiger partial charge >= 0.3 is 12.2 Å². The number of carbonyl (C=O) groups is 1. The van der Waals surface area contributed by atoms with Gasteiger partial charge in [-0.2, -0.15) is 13.2 Å². The number of nitrogens with zero attached hydrogens (tertiary/aromatic N) is 2. The van der Waals surface area contributed by atoms with Gasteiger partial charge in [0.15, 0.2) is 0 Å².